The van der Waals surface area contributed by atoms with Gasteiger partial charge in [-0.2, -0.15) is 12.6 Å². The van der Waals surface area contributed by atoms with Crippen molar-refractivity contribution >= 4 is 40.0 Å². The predicted molar refractivity (Wildman–Crippen MR) is 94.3 cm³/mol. The summed E-state index contributed by atoms with van der Waals surface area (Å²) < 4.78 is 1.02. The number of unbranched alkanes of at least 4 members (excludes halogenated alkanes) is 2. The molecule has 1 saturated carbocycles. The molecule has 1 heterocycles. The van der Waals surface area contributed by atoms with Crippen molar-refractivity contribution in [1.82, 2.24) is 4.98 Å². The molecule has 1 unspecified atom stereocenters. The summed E-state index contributed by atoms with van der Waals surface area (Å²) in [5.41, 5.74) is 2.97. The summed E-state index contributed by atoms with van der Waals surface area (Å²) in [6, 6.07) is 8.13. The highest BCUT2D eigenvalue weighted by molar-refractivity contribution is 7.82. The number of ketones is 1. The van der Waals surface area contributed by atoms with E-state index < -0.39 is 0 Å². The van der Waals surface area contributed by atoms with Crippen molar-refractivity contribution in [1.29, 1.82) is 0 Å². The van der Waals surface area contributed by atoms with E-state index in [9.17, 15) is 4.79 Å². The van der Waals surface area contributed by atoms with Gasteiger partial charge in [0.25, 0.3) is 0 Å². The second-order valence-electron chi connectivity index (χ2n) is 5.59. The van der Waals surface area contributed by atoms with E-state index in [1.165, 1.54) is 17.5 Å². The van der Waals surface area contributed by atoms with Crippen LogP contribution in [0.5, 0.6) is 0 Å². The minimum Gasteiger partial charge on any atom is -0.298 e. The van der Waals surface area contributed by atoms with Crippen molar-refractivity contribution in [2.45, 2.75) is 56.6 Å². The molecule has 3 rings (SSSR count). The van der Waals surface area contributed by atoms with Gasteiger partial charge in [0.2, 0.25) is 0 Å². The number of rotatable bonds is 4. The van der Waals surface area contributed by atoms with Crippen LogP contribution in [-0.4, -0.2) is 15.5 Å². The number of carbonyl (C=O) groups is 1. The monoisotopic (exact) mass is 321 g/mol. The molecule has 1 aliphatic rings. The average Bonchev–Trinajstić information content (AvgIpc) is 3.08. The molecule has 0 radical (unpaired) electrons. The van der Waals surface area contributed by atoms with E-state index in [0.717, 1.165) is 37.6 Å². The van der Waals surface area contributed by atoms with Crippen molar-refractivity contribution in [3.8, 4) is 0 Å². The van der Waals surface area contributed by atoms with E-state index in [1.807, 2.05) is 23.7 Å². The van der Waals surface area contributed by atoms with Gasteiger partial charge in [-0.1, -0.05) is 38.3 Å². The number of carbonyl (C=O) groups excluding carboxylic acids is 1. The van der Waals surface area contributed by atoms with Crippen LogP contribution in [0.15, 0.2) is 29.8 Å². The van der Waals surface area contributed by atoms with Crippen molar-refractivity contribution in [3.05, 3.63) is 29.8 Å². The smallest absolute Gasteiger partial charge is 0.148 e. The molecule has 0 spiro atoms. The Bertz CT molecular complexity index is 551. The summed E-state index contributed by atoms with van der Waals surface area (Å²) in [5, 5.41) is 0. The maximum absolute atomic E-state index is 11.4. The first-order chi connectivity index (χ1) is 10.2. The summed E-state index contributed by atoms with van der Waals surface area (Å²) in [5.74, 6) is 0.377. The molecule has 1 aromatic heterocycles. The zero-order valence-electron chi connectivity index (χ0n) is 12.5. The summed E-state index contributed by atoms with van der Waals surface area (Å²) >= 11 is 6.18. The van der Waals surface area contributed by atoms with Gasteiger partial charge >= 0.3 is 0 Å². The van der Waals surface area contributed by atoms with Crippen LogP contribution < -0.4 is 0 Å². The fourth-order valence-electron chi connectivity index (χ4n) is 2.65. The lowest BCUT2D eigenvalue weighted by molar-refractivity contribution is -0.119. The molecule has 2 aromatic rings. The highest BCUT2D eigenvalue weighted by Gasteiger charge is 2.37. The number of Topliss-reactive ketones (excluding diaryl/α,β-unsaturated/α-hetero) is 1. The second-order valence-corrected chi connectivity index (χ2v) is 7.33. The van der Waals surface area contributed by atoms with Crippen molar-refractivity contribution in [2.75, 3.05) is 0 Å². The summed E-state index contributed by atoms with van der Waals surface area (Å²) in [6.07, 6.45) is 7.41. The summed E-state index contributed by atoms with van der Waals surface area (Å²) in [4.78, 5) is 15.6. The Morgan fingerprint density at radius 1 is 1.33 bits per heavy atom. The molecule has 0 amide bonds. The third-order valence-corrected chi connectivity index (χ3v) is 5.45. The molecule has 1 aliphatic carbocycles. The fraction of sp³-hybridized carbons (Fsp3) is 0.529. The number of hydrogen-bond acceptors (Lipinski definition) is 4. The Kier molecular flexibility index (Phi) is 6.24. The third-order valence-electron chi connectivity index (χ3n) is 3.94. The number of thiazole rings is 1. The molecule has 2 nitrogen and oxygen atoms in total. The summed E-state index contributed by atoms with van der Waals surface area (Å²) in [7, 11) is 0. The Balaban J connectivity index is 0.000000159. The lowest BCUT2D eigenvalue weighted by atomic mass is 9.98. The maximum Gasteiger partial charge on any atom is 0.148 e. The van der Waals surface area contributed by atoms with E-state index in [1.54, 1.807) is 11.3 Å². The first-order valence-corrected chi connectivity index (χ1v) is 9.02. The molecule has 1 aromatic carbocycles. The Labute approximate surface area is 136 Å². The highest BCUT2D eigenvalue weighted by atomic mass is 32.1. The third kappa shape index (κ3) is 4.55. The molecular weight excluding hydrogens is 298 g/mol. The standard InChI is InChI=1S/C10H18OS.C7H5NS/c1-2-3-4-7-10(12)8-5-6-9(10)11;1-2-4-7-6(3-1)8-5-9-7/h12H,2-8H2,1H3;1-5H. The van der Waals surface area contributed by atoms with E-state index >= 15 is 0 Å². The van der Waals surface area contributed by atoms with E-state index in [0.29, 0.717) is 5.78 Å². The van der Waals surface area contributed by atoms with Crippen molar-refractivity contribution in [3.63, 3.8) is 0 Å². The van der Waals surface area contributed by atoms with Gasteiger partial charge in [0.15, 0.2) is 0 Å². The normalized spacial score (nSPS) is 21.3. The van der Waals surface area contributed by atoms with Crippen molar-refractivity contribution in [2.24, 2.45) is 0 Å². The van der Waals surface area contributed by atoms with Gasteiger partial charge in [-0.25, -0.2) is 4.98 Å². The summed E-state index contributed by atoms with van der Waals surface area (Å²) in [6.45, 7) is 2.18. The minimum absolute atomic E-state index is 0.241. The van der Waals surface area contributed by atoms with Gasteiger partial charge in [-0.15, -0.1) is 11.3 Å². The van der Waals surface area contributed by atoms with Crippen LogP contribution in [0.4, 0.5) is 0 Å². The molecule has 0 saturated heterocycles. The average molecular weight is 322 g/mol. The van der Waals surface area contributed by atoms with Gasteiger partial charge in [0.05, 0.1) is 20.5 Å². The first-order valence-electron chi connectivity index (χ1n) is 7.69. The molecule has 0 aliphatic heterocycles. The van der Waals surface area contributed by atoms with Crippen molar-refractivity contribution < 1.29 is 4.79 Å². The molecule has 0 bridgehead atoms. The lowest BCUT2D eigenvalue weighted by Crippen LogP contribution is -2.26. The van der Waals surface area contributed by atoms with Gasteiger partial charge in [-0.3, -0.25) is 4.79 Å². The Hall–Kier alpha value is -0.870. The first kappa shape index (κ1) is 16.5. The number of hydrogen-bond donors (Lipinski definition) is 1. The minimum atomic E-state index is -0.241. The molecule has 1 fully saturated rings. The number of para-hydroxylation sites is 1. The zero-order chi connectivity index (χ0) is 15.1. The molecular formula is C17H23NOS2. The van der Waals surface area contributed by atoms with Crippen LogP contribution in [0.2, 0.25) is 0 Å². The molecule has 1 atom stereocenters. The number of benzene rings is 1. The van der Waals surface area contributed by atoms with Gasteiger partial charge in [0, 0.05) is 6.42 Å². The SMILES string of the molecule is CCCCCC1(S)CCCC1=O.c1ccc2scnc2c1. The van der Waals surface area contributed by atoms with E-state index in [2.05, 4.69) is 30.6 Å². The Morgan fingerprint density at radius 3 is 2.81 bits per heavy atom. The number of thiol groups is 1. The van der Waals surface area contributed by atoms with Gasteiger partial charge in [0.1, 0.15) is 5.78 Å². The highest BCUT2D eigenvalue weighted by Crippen LogP contribution is 2.36. The number of fused-ring (bicyclic) bond motifs is 1. The van der Waals surface area contributed by atoms with E-state index in [4.69, 9.17) is 0 Å². The zero-order valence-corrected chi connectivity index (χ0v) is 14.3. The van der Waals surface area contributed by atoms with Crippen LogP contribution >= 0.6 is 24.0 Å². The number of aromatic nitrogens is 1. The lowest BCUT2D eigenvalue weighted by Gasteiger charge is -2.19. The van der Waals surface area contributed by atoms with Crippen LogP contribution in [0.3, 0.4) is 0 Å². The van der Waals surface area contributed by atoms with Crippen LogP contribution in [0, 0.1) is 0 Å². The second kappa shape index (κ2) is 7.95. The fourth-order valence-corrected chi connectivity index (χ4v) is 3.76. The molecule has 0 N–H and O–H groups in total. The number of nitrogens with zero attached hydrogens (tertiary/aromatic N) is 1. The maximum atomic E-state index is 11.4. The van der Waals surface area contributed by atoms with E-state index in [-0.39, 0.29) is 4.75 Å². The quantitative estimate of drug-likeness (QED) is 0.613. The largest absolute Gasteiger partial charge is 0.298 e. The molecule has 114 valence electrons. The van der Waals surface area contributed by atoms with Crippen LogP contribution in [0.25, 0.3) is 10.2 Å². The molecule has 21 heavy (non-hydrogen) atoms. The predicted octanol–water partition coefficient (Wildman–Crippen LogP) is 5.28. The van der Waals surface area contributed by atoms with Crippen LogP contribution in [0.1, 0.15) is 51.9 Å². The van der Waals surface area contributed by atoms with Gasteiger partial charge < -0.3 is 0 Å². The Morgan fingerprint density at radius 2 is 2.14 bits per heavy atom. The van der Waals surface area contributed by atoms with Gasteiger partial charge in [-0.05, 0) is 31.4 Å². The van der Waals surface area contributed by atoms with Crippen LogP contribution in [-0.2, 0) is 4.79 Å². The topological polar surface area (TPSA) is 30.0 Å². The molecule has 4 heteroatoms.